The second-order valence-corrected chi connectivity index (χ2v) is 5.60. The minimum absolute atomic E-state index is 0.267. The smallest absolute Gasteiger partial charge is 0.340 e. The number of ether oxygens (including phenoxy) is 2. The lowest BCUT2D eigenvalue weighted by molar-refractivity contribution is 0.0601. The first-order valence-corrected chi connectivity index (χ1v) is 7.73. The van der Waals surface area contributed by atoms with E-state index in [1.165, 1.54) is 11.7 Å². The molecule has 2 heterocycles. The Balaban J connectivity index is 2.39. The summed E-state index contributed by atoms with van der Waals surface area (Å²) >= 11 is 0. The number of esters is 1. The molecule has 0 saturated carbocycles. The van der Waals surface area contributed by atoms with Crippen molar-refractivity contribution in [2.75, 3.05) is 14.2 Å². The molecule has 1 aromatic carbocycles. The van der Waals surface area contributed by atoms with Crippen LogP contribution in [0.5, 0.6) is 5.75 Å². The van der Waals surface area contributed by atoms with Gasteiger partial charge in [-0.2, -0.15) is 0 Å². The average molecular weight is 338 g/mol. The Morgan fingerprint density at radius 1 is 1.08 bits per heavy atom. The second kappa shape index (κ2) is 6.39. The van der Waals surface area contributed by atoms with Crippen LogP contribution < -0.4 is 10.3 Å². The van der Waals surface area contributed by atoms with Crippen LogP contribution in [-0.2, 0) is 4.74 Å². The Hall–Kier alpha value is -3.15. The molecule has 2 aromatic heterocycles. The number of hydrogen-bond donors (Lipinski definition) is 0. The summed E-state index contributed by atoms with van der Waals surface area (Å²) in [7, 11) is 2.86. The largest absolute Gasteiger partial charge is 0.495 e. The third-order valence-electron chi connectivity index (χ3n) is 4.15. The van der Waals surface area contributed by atoms with Gasteiger partial charge in [-0.1, -0.05) is 12.1 Å². The molecule has 3 aromatic rings. The summed E-state index contributed by atoms with van der Waals surface area (Å²) in [6, 6.07) is 8.97. The van der Waals surface area contributed by atoms with Crippen molar-refractivity contribution in [1.29, 1.82) is 0 Å². The van der Waals surface area contributed by atoms with Crippen molar-refractivity contribution in [3.05, 3.63) is 63.8 Å². The molecule has 6 nitrogen and oxygen atoms in total. The maximum atomic E-state index is 13.1. The molecule has 0 N–H and O–H groups in total. The van der Waals surface area contributed by atoms with E-state index in [9.17, 15) is 9.59 Å². The second-order valence-electron chi connectivity index (χ2n) is 5.60. The monoisotopic (exact) mass is 338 g/mol. The van der Waals surface area contributed by atoms with Gasteiger partial charge in [0.2, 0.25) is 0 Å². The number of methoxy groups -OCH3 is 2. The topological polar surface area (TPSA) is 70.4 Å². The average Bonchev–Trinajstić information content (AvgIpc) is 2.61. The molecule has 3 rings (SSSR count). The molecule has 0 atom stereocenters. The first kappa shape index (κ1) is 16.7. The summed E-state index contributed by atoms with van der Waals surface area (Å²) in [4.78, 5) is 29.6. The van der Waals surface area contributed by atoms with E-state index in [0.29, 0.717) is 39.2 Å². The zero-order chi connectivity index (χ0) is 18.1. The number of para-hydroxylation sites is 2. The highest BCUT2D eigenvalue weighted by Crippen LogP contribution is 2.25. The van der Waals surface area contributed by atoms with Gasteiger partial charge in [0.15, 0.2) is 0 Å². The Labute approximate surface area is 144 Å². The summed E-state index contributed by atoms with van der Waals surface area (Å²) in [5.41, 5.74) is 1.77. The first-order valence-electron chi connectivity index (χ1n) is 7.73. The van der Waals surface area contributed by atoms with E-state index in [2.05, 4.69) is 4.98 Å². The number of fused-ring (bicyclic) bond motifs is 1. The molecule has 0 amide bonds. The maximum Gasteiger partial charge on any atom is 0.340 e. The summed E-state index contributed by atoms with van der Waals surface area (Å²) in [6.07, 6.45) is 1.63. The predicted molar refractivity (Wildman–Crippen MR) is 94.7 cm³/mol. The predicted octanol–water partition coefficient (Wildman–Crippen LogP) is 2.80. The molecule has 128 valence electrons. The van der Waals surface area contributed by atoms with Crippen molar-refractivity contribution in [2.24, 2.45) is 0 Å². The maximum absolute atomic E-state index is 13.1. The van der Waals surface area contributed by atoms with E-state index >= 15 is 0 Å². The van der Waals surface area contributed by atoms with Crippen LogP contribution in [0, 0.1) is 13.8 Å². The van der Waals surface area contributed by atoms with E-state index < -0.39 is 5.97 Å². The Morgan fingerprint density at radius 2 is 1.80 bits per heavy atom. The lowest BCUT2D eigenvalue weighted by Crippen LogP contribution is -2.21. The molecule has 0 aliphatic heterocycles. The lowest BCUT2D eigenvalue weighted by Gasteiger charge is -2.14. The third kappa shape index (κ3) is 2.65. The normalized spacial score (nSPS) is 10.7. The first-order chi connectivity index (χ1) is 12.0. The number of rotatable bonds is 3. The van der Waals surface area contributed by atoms with Crippen molar-refractivity contribution < 1.29 is 14.3 Å². The lowest BCUT2D eigenvalue weighted by atomic mass is 10.0. The van der Waals surface area contributed by atoms with Crippen molar-refractivity contribution in [2.45, 2.75) is 13.8 Å². The highest BCUT2D eigenvalue weighted by atomic mass is 16.5. The molecular formula is C19H18N2O4. The van der Waals surface area contributed by atoms with Gasteiger partial charge in [-0.25, -0.2) is 4.79 Å². The van der Waals surface area contributed by atoms with Gasteiger partial charge in [-0.05, 0) is 32.0 Å². The van der Waals surface area contributed by atoms with Crippen molar-refractivity contribution in [1.82, 2.24) is 9.55 Å². The molecule has 0 spiro atoms. The van der Waals surface area contributed by atoms with Gasteiger partial charge in [0.05, 0.1) is 42.2 Å². The highest BCUT2D eigenvalue weighted by Gasteiger charge is 2.20. The van der Waals surface area contributed by atoms with E-state index in [4.69, 9.17) is 9.47 Å². The van der Waals surface area contributed by atoms with Crippen LogP contribution in [0.3, 0.4) is 0 Å². The van der Waals surface area contributed by atoms with Gasteiger partial charge in [-0.3, -0.25) is 14.3 Å². The molecule has 0 aliphatic rings. The fourth-order valence-electron chi connectivity index (χ4n) is 3.03. The number of aromatic nitrogens is 2. The minimum Gasteiger partial charge on any atom is -0.495 e. The number of pyridine rings is 2. The van der Waals surface area contributed by atoms with Crippen LogP contribution in [0.4, 0.5) is 0 Å². The number of nitrogens with zero attached hydrogens (tertiary/aromatic N) is 2. The number of benzene rings is 1. The molecule has 0 radical (unpaired) electrons. The van der Waals surface area contributed by atoms with Crippen molar-refractivity contribution >= 4 is 16.7 Å². The number of carbonyl (C=O) groups excluding carboxylic acids is 1. The van der Waals surface area contributed by atoms with Gasteiger partial charge >= 0.3 is 5.97 Å². The molecule has 0 bridgehead atoms. The van der Waals surface area contributed by atoms with Crippen LogP contribution in [0.1, 0.15) is 21.7 Å². The summed E-state index contributed by atoms with van der Waals surface area (Å²) in [5, 5.41) is 0.924. The Kier molecular flexibility index (Phi) is 4.27. The fraction of sp³-hybridized carbons (Fsp3) is 0.211. The molecule has 0 saturated heterocycles. The molecule has 25 heavy (non-hydrogen) atoms. The Bertz CT molecular complexity index is 1040. The van der Waals surface area contributed by atoms with Crippen LogP contribution in [-0.4, -0.2) is 29.7 Å². The summed E-state index contributed by atoms with van der Waals surface area (Å²) in [5.74, 6) is 0.0688. The summed E-state index contributed by atoms with van der Waals surface area (Å²) < 4.78 is 11.7. The third-order valence-corrected chi connectivity index (χ3v) is 4.15. The van der Waals surface area contributed by atoms with Gasteiger partial charge in [0.25, 0.3) is 5.56 Å². The van der Waals surface area contributed by atoms with Gasteiger partial charge in [0, 0.05) is 11.6 Å². The van der Waals surface area contributed by atoms with Crippen LogP contribution in [0.25, 0.3) is 16.5 Å². The zero-order valence-electron chi connectivity index (χ0n) is 14.5. The fourth-order valence-corrected chi connectivity index (χ4v) is 3.03. The van der Waals surface area contributed by atoms with Crippen LogP contribution in [0.2, 0.25) is 0 Å². The minimum atomic E-state index is -0.510. The van der Waals surface area contributed by atoms with Crippen molar-refractivity contribution in [3.63, 3.8) is 0 Å². The molecule has 0 fully saturated rings. The Morgan fingerprint density at radius 3 is 2.48 bits per heavy atom. The van der Waals surface area contributed by atoms with Crippen LogP contribution in [0.15, 0.2) is 41.3 Å². The van der Waals surface area contributed by atoms with Gasteiger partial charge < -0.3 is 9.47 Å². The number of aryl methyl sites for hydroxylation is 2. The molecular weight excluding hydrogens is 320 g/mol. The van der Waals surface area contributed by atoms with E-state index in [1.54, 1.807) is 45.4 Å². The highest BCUT2D eigenvalue weighted by molar-refractivity contribution is 6.05. The number of hydrogen-bond acceptors (Lipinski definition) is 5. The van der Waals surface area contributed by atoms with Gasteiger partial charge in [-0.15, -0.1) is 0 Å². The van der Waals surface area contributed by atoms with E-state index in [-0.39, 0.29) is 5.56 Å². The van der Waals surface area contributed by atoms with Crippen LogP contribution >= 0.6 is 0 Å². The van der Waals surface area contributed by atoms with Crippen molar-refractivity contribution in [3.8, 4) is 11.4 Å². The molecule has 0 aliphatic carbocycles. The molecule has 0 unspecified atom stereocenters. The van der Waals surface area contributed by atoms with E-state index in [0.717, 1.165) is 0 Å². The van der Waals surface area contributed by atoms with Gasteiger partial charge in [0.1, 0.15) is 5.75 Å². The number of carbonyl (C=O) groups is 1. The molecule has 6 heteroatoms. The SMILES string of the molecule is COC(=O)c1c(C)nc(C)c2c(=O)n(-c3ccccc3OC)ccc12. The summed E-state index contributed by atoms with van der Waals surface area (Å²) in [6.45, 7) is 3.48. The standard InChI is InChI=1S/C19H18N2O4/c1-11-16-13(17(12(2)20-11)19(23)25-4)9-10-21(18(16)22)14-7-5-6-8-15(14)24-3/h5-10H,1-4H3. The zero-order valence-corrected chi connectivity index (χ0v) is 14.5. The van der Waals surface area contributed by atoms with E-state index in [1.807, 2.05) is 12.1 Å². The quantitative estimate of drug-likeness (QED) is 0.687.